The third kappa shape index (κ3) is 6.93. The summed E-state index contributed by atoms with van der Waals surface area (Å²) in [4.78, 5) is 29.1. The lowest BCUT2D eigenvalue weighted by molar-refractivity contribution is -0.143. The molecule has 2 fully saturated rings. The predicted octanol–water partition coefficient (Wildman–Crippen LogP) is 5.77. The standard InChI is InChI=1S/C28H27F6N5O3S/c1-2-42-26(41)38-9-3-8-37(10-11-38)25-36-24(40)23(43-25)13-17-4-7-22-19(12-17)15-35-39(22)16-18-5-6-20(27(29,30)31)14-21(18)28(32,33)34/h4-7,12-15,25H,2-3,8-11,16H2,1H3,(H,36,40). The number of carbonyl (C=O) groups excluding carboxylic acids is 2. The average Bonchev–Trinajstić information content (AvgIpc) is 3.39. The van der Waals surface area contributed by atoms with Gasteiger partial charge in [0.25, 0.3) is 5.91 Å². The third-order valence-electron chi connectivity index (χ3n) is 7.13. The lowest BCUT2D eigenvalue weighted by atomic mass is 10.0. The molecule has 2 amide bonds. The summed E-state index contributed by atoms with van der Waals surface area (Å²) in [5.41, 5.74) is -2.26. The number of fused-ring (bicyclic) bond motifs is 1. The quantitative estimate of drug-likeness (QED) is 0.286. The van der Waals surface area contributed by atoms with Gasteiger partial charge >= 0.3 is 18.4 Å². The Hall–Kier alpha value is -3.72. The number of hydrogen-bond donors (Lipinski definition) is 1. The van der Waals surface area contributed by atoms with Gasteiger partial charge in [0.05, 0.1) is 40.9 Å². The molecule has 1 N–H and O–H groups in total. The van der Waals surface area contributed by atoms with E-state index >= 15 is 0 Å². The number of carbonyl (C=O) groups is 2. The second-order valence-corrected chi connectivity index (χ2v) is 11.1. The molecule has 2 aliphatic rings. The highest BCUT2D eigenvalue weighted by atomic mass is 32.2. The van der Waals surface area contributed by atoms with Gasteiger partial charge in [-0.1, -0.05) is 23.9 Å². The Balaban J connectivity index is 1.30. The van der Waals surface area contributed by atoms with Crippen molar-refractivity contribution in [3.05, 3.63) is 69.8 Å². The molecule has 230 valence electrons. The number of thioether (sulfide) groups is 1. The van der Waals surface area contributed by atoms with Crippen molar-refractivity contribution in [1.82, 2.24) is 24.9 Å². The van der Waals surface area contributed by atoms with Crippen LogP contribution in [0.25, 0.3) is 17.0 Å². The van der Waals surface area contributed by atoms with Gasteiger partial charge in [-0.3, -0.25) is 14.4 Å². The molecule has 1 atom stereocenters. The number of nitrogens with zero attached hydrogens (tertiary/aromatic N) is 4. The predicted molar refractivity (Wildman–Crippen MR) is 148 cm³/mol. The van der Waals surface area contributed by atoms with Crippen molar-refractivity contribution in [2.75, 3.05) is 32.8 Å². The lowest BCUT2D eigenvalue weighted by Crippen LogP contribution is -2.44. The Morgan fingerprint density at radius 3 is 2.58 bits per heavy atom. The first kappa shape index (κ1) is 30.7. The van der Waals surface area contributed by atoms with Gasteiger partial charge in [-0.05, 0) is 54.8 Å². The van der Waals surface area contributed by atoms with Gasteiger partial charge < -0.3 is 15.0 Å². The van der Waals surface area contributed by atoms with Crippen LogP contribution in [0.1, 0.15) is 35.6 Å². The third-order valence-corrected chi connectivity index (χ3v) is 8.33. The normalized spacial score (nSPS) is 19.6. The summed E-state index contributed by atoms with van der Waals surface area (Å²) in [5, 5.41) is 7.71. The zero-order valence-electron chi connectivity index (χ0n) is 22.8. The van der Waals surface area contributed by atoms with Crippen LogP contribution >= 0.6 is 11.8 Å². The SMILES string of the molecule is CCOC(=O)N1CCCN(C2NC(=O)C(=Cc3ccc4c(cnn4Cc4ccc(C(F)(F)F)cc4C(F)(F)F)c3)S2)CC1. The van der Waals surface area contributed by atoms with E-state index in [0.29, 0.717) is 60.2 Å². The van der Waals surface area contributed by atoms with E-state index in [1.807, 2.05) is 0 Å². The number of rotatable bonds is 5. The average molecular weight is 628 g/mol. The molecule has 3 heterocycles. The van der Waals surface area contributed by atoms with E-state index in [9.17, 15) is 35.9 Å². The van der Waals surface area contributed by atoms with Crippen molar-refractivity contribution < 1.29 is 40.7 Å². The minimum absolute atomic E-state index is 0.116. The number of ether oxygens (including phenoxy) is 1. The second kappa shape index (κ2) is 12.1. The monoisotopic (exact) mass is 627 g/mol. The first-order valence-corrected chi connectivity index (χ1v) is 14.3. The highest BCUT2D eigenvalue weighted by Gasteiger charge is 2.38. The topological polar surface area (TPSA) is 79.7 Å². The van der Waals surface area contributed by atoms with Gasteiger partial charge in [0.1, 0.15) is 5.50 Å². The molecule has 15 heteroatoms. The Labute approximate surface area is 246 Å². The van der Waals surface area contributed by atoms with Crippen LogP contribution in [-0.4, -0.2) is 69.9 Å². The van der Waals surface area contributed by atoms with Crippen LogP contribution in [-0.2, 0) is 28.4 Å². The van der Waals surface area contributed by atoms with Crippen molar-refractivity contribution in [1.29, 1.82) is 0 Å². The number of benzene rings is 2. The second-order valence-electron chi connectivity index (χ2n) is 10.0. The number of nitrogens with one attached hydrogen (secondary N) is 1. The van der Waals surface area contributed by atoms with Gasteiger partial charge in [-0.2, -0.15) is 31.4 Å². The zero-order chi connectivity index (χ0) is 30.9. The molecule has 0 bridgehead atoms. The summed E-state index contributed by atoms with van der Waals surface area (Å²) in [6, 6.07) is 6.62. The fourth-order valence-corrected chi connectivity index (χ4v) is 6.15. The fraction of sp³-hybridized carbons (Fsp3) is 0.393. The molecule has 43 heavy (non-hydrogen) atoms. The fourth-order valence-electron chi connectivity index (χ4n) is 5.01. The van der Waals surface area contributed by atoms with Crippen molar-refractivity contribution >= 4 is 40.7 Å². The molecule has 3 aromatic rings. The van der Waals surface area contributed by atoms with E-state index in [4.69, 9.17) is 4.74 Å². The highest BCUT2D eigenvalue weighted by molar-refractivity contribution is 8.05. The molecule has 0 saturated carbocycles. The number of alkyl halides is 6. The minimum Gasteiger partial charge on any atom is -0.450 e. The molecule has 8 nitrogen and oxygen atoms in total. The first-order valence-electron chi connectivity index (χ1n) is 13.4. The molecule has 0 aliphatic carbocycles. The van der Waals surface area contributed by atoms with Gasteiger partial charge in [0.15, 0.2) is 0 Å². The van der Waals surface area contributed by atoms with E-state index < -0.39 is 23.5 Å². The van der Waals surface area contributed by atoms with Crippen LogP contribution in [0.3, 0.4) is 0 Å². The van der Waals surface area contributed by atoms with Crippen molar-refractivity contribution in [3.8, 4) is 0 Å². The smallest absolute Gasteiger partial charge is 0.416 e. The Morgan fingerprint density at radius 2 is 1.86 bits per heavy atom. The maximum absolute atomic E-state index is 13.6. The van der Waals surface area contributed by atoms with Crippen molar-refractivity contribution in [2.24, 2.45) is 0 Å². The van der Waals surface area contributed by atoms with E-state index in [1.165, 1.54) is 22.6 Å². The molecule has 2 aliphatic heterocycles. The van der Waals surface area contributed by atoms with Crippen LogP contribution < -0.4 is 5.32 Å². The summed E-state index contributed by atoms with van der Waals surface area (Å²) >= 11 is 1.35. The number of halogens is 6. The molecule has 5 rings (SSSR count). The molecule has 0 spiro atoms. The van der Waals surface area contributed by atoms with Crippen molar-refractivity contribution in [3.63, 3.8) is 0 Å². The molecule has 2 saturated heterocycles. The summed E-state index contributed by atoms with van der Waals surface area (Å²) < 4.78 is 86.4. The van der Waals surface area contributed by atoms with Gasteiger partial charge in [-0.25, -0.2) is 4.79 Å². The summed E-state index contributed by atoms with van der Waals surface area (Å²) in [6.07, 6.45) is -6.36. The van der Waals surface area contributed by atoms with E-state index in [0.717, 1.165) is 12.5 Å². The maximum atomic E-state index is 13.6. The molecule has 1 unspecified atom stereocenters. The summed E-state index contributed by atoms with van der Waals surface area (Å²) in [5.74, 6) is -0.251. The Bertz CT molecular complexity index is 1550. The number of aromatic nitrogens is 2. The van der Waals surface area contributed by atoms with Crippen LogP contribution in [0.4, 0.5) is 31.1 Å². The molecular weight excluding hydrogens is 600 g/mol. The molecular formula is C28H27F6N5O3S. The van der Waals surface area contributed by atoms with Crippen LogP contribution in [0.15, 0.2) is 47.5 Å². The Kier molecular flexibility index (Phi) is 8.65. The lowest BCUT2D eigenvalue weighted by Gasteiger charge is -2.25. The van der Waals surface area contributed by atoms with E-state index in [1.54, 1.807) is 36.1 Å². The largest absolute Gasteiger partial charge is 0.450 e. The first-order chi connectivity index (χ1) is 20.3. The molecule has 0 radical (unpaired) electrons. The number of amides is 2. The van der Waals surface area contributed by atoms with E-state index in [2.05, 4.69) is 15.3 Å². The summed E-state index contributed by atoms with van der Waals surface area (Å²) in [7, 11) is 0. The van der Waals surface area contributed by atoms with E-state index in [-0.39, 0.29) is 35.7 Å². The highest BCUT2D eigenvalue weighted by Crippen LogP contribution is 2.38. The van der Waals surface area contributed by atoms with Crippen LogP contribution in [0.2, 0.25) is 0 Å². The maximum Gasteiger partial charge on any atom is 0.416 e. The zero-order valence-corrected chi connectivity index (χ0v) is 23.7. The van der Waals surface area contributed by atoms with Gasteiger partial charge in [-0.15, -0.1) is 0 Å². The van der Waals surface area contributed by atoms with Crippen LogP contribution in [0.5, 0.6) is 0 Å². The Morgan fingerprint density at radius 1 is 1.07 bits per heavy atom. The minimum atomic E-state index is -4.98. The van der Waals surface area contributed by atoms with Gasteiger partial charge in [0.2, 0.25) is 0 Å². The molecule has 2 aromatic carbocycles. The molecule has 1 aromatic heterocycles. The number of hydrogen-bond acceptors (Lipinski definition) is 6. The summed E-state index contributed by atoms with van der Waals surface area (Å²) in [6.45, 7) is 3.94. The van der Waals surface area contributed by atoms with Crippen LogP contribution in [0, 0.1) is 0 Å². The van der Waals surface area contributed by atoms with Gasteiger partial charge in [0, 0.05) is 31.6 Å². The van der Waals surface area contributed by atoms with Crippen molar-refractivity contribution in [2.45, 2.75) is 37.7 Å².